The fourth-order valence-electron chi connectivity index (χ4n) is 3.49. The molecule has 0 saturated heterocycles. The van der Waals surface area contributed by atoms with Crippen molar-refractivity contribution in [3.63, 3.8) is 0 Å². The maximum Gasteiger partial charge on any atom is 0.423 e. The van der Waals surface area contributed by atoms with Gasteiger partial charge >= 0.3 is 6.18 Å². The van der Waals surface area contributed by atoms with Crippen molar-refractivity contribution in [3.8, 4) is 28.7 Å². The van der Waals surface area contributed by atoms with Crippen molar-refractivity contribution >= 4 is 12.2 Å². The van der Waals surface area contributed by atoms with Crippen LogP contribution in [0.25, 0.3) is 12.2 Å². The fourth-order valence-corrected chi connectivity index (χ4v) is 3.49. The van der Waals surface area contributed by atoms with Gasteiger partial charge in [-0.2, -0.15) is 22.0 Å². The van der Waals surface area contributed by atoms with Crippen LogP contribution in [0.5, 0.6) is 28.7 Å². The van der Waals surface area contributed by atoms with Gasteiger partial charge in [-0.3, -0.25) is 0 Å². The smallest absolute Gasteiger partial charge is 0.423 e. The van der Waals surface area contributed by atoms with Crippen LogP contribution in [0.1, 0.15) is 36.5 Å². The van der Waals surface area contributed by atoms with E-state index in [2.05, 4.69) is 19.7 Å². The molecule has 0 aliphatic carbocycles. The van der Waals surface area contributed by atoms with Crippen LogP contribution in [0.2, 0.25) is 0 Å². The Hall–Kier alpha value is -4.59. The van der Waals surface area contributed by atoms with Crippen molar-refractivity contribution in [2.24, 2.45) is 0 Å². The lowest BCUT2D eigenvalue weighted by Crippen LogP contribution is -2.14. The molecule has 3 nitrogen and oxygen atoms in total. The minimum Gasteiger partial charge on any atom is -0.454 e. The zero-order valence-corrected chi connectivity index (χ0v) is 21.7. The van der Waals surface area contributed by atoms with Crippen molar-refractivity contribution in [2.75, 3.05) is 0 Å². The van der Waals surface area contributed by atoms with E-state index >= 15 is 8.78 Å². The molecule has 8 heteroatoms. The number of hydrogen-bond donors (Lipinski definition) is 0. The summed E-state index contributed by atoms with van der Waals surface area (Å²) < 4.78 is 91.3. The molecule has 0 unspecified atom stereocenters. The van der Waals surface area contributed by atoms with Crippen LogP contribution in [0.3, 0.4) is 0 Å². The normalized spacial score (nSPS) is 11.8. The molecule has 0 amide bonds. The molecule has 3 rings (SSSR count). The van der Waals surface area contributed by atoms with Crippen molar-refractivity contribution in [3.05, 3.63) is 127 Å². The lowest BCUT2D eigenvalue weighted by atomic mass is 10.1. The van der Waals surface area contributed by atoms with Gasteiger partial charge in [0.15, 0.2) is 11.5 Å². The Bertz CT molecular complexity index is 1420. The molecule has 0 N–H and O–H groups in total. The number of alkyl halides is 3. The summed E-state index contributed by atoms with van der Waals surface area (Å²) in [6, 6.07) is 11.6. The van der Waals surface area contributed by atoms with Gasteiger partial charge < -0.3 is 14.2 Å². The van der Waals surface area contributed by atoms with E-state index in [1.807, 2.05) is 0 Å². The second-order valence-electron chi connectivity index (χ2n) is 8.28. The average molecular weight is 555 g/mol. The predicted molar refractivity (Wildman–Crippen MR) is 148 cm³/mol. The van der Waals surface area contributed by atoms with E-state index in [4.69, 9.17) is 14.2 Å². The summed E-state index contributed by atoms with van der Waals surface area (Å²) in [4.78, 5) is 0. The summed E-state index contributed by atoms with van der Waals surface area (Å²) in [6.07, 6.45) is 4.47. The third-order valence-electron chi connectivity index (χ3n) is 5.42. The Kier molecular flexibility index (Phi) is 10.1. The van der Waals surface area contributed by atoms with Gasteiger partial charge in [-0.25, -0.2) is 0 Å². The van der Waals surface area contributed by atoms with E-state index in [0.717, 1.165) is 0 Å². The summed E-state index contributed by atoms with van der Waals surface area (Å²) in [5, 5.41) is 0. The number of ether oxygens (including phenoxy) is 3. The summed E-state index contributed by atoms with van der Waals surface area (Å²) in [7, 11) is 0. The molecule has 0 atom stereocenters. The highest BCUT2D eigenvalue weighted by atomic mass is 19.4. The Balaban J connectivity index is 2.27. The minimum atomic E-state index is -5.28. The lowest BCUT2D eigenvalue weighted by Gasteiger charge is -2.22. The molecule has 3 aromatic rings. The number of hydrogen-bond acceptors (Lipinski definition) is 3. The van der Waals surface area contributed by atoms with Crippen LogP contribution >= 0.6 is 0 Å². The van der Waals surface area contributed by atoms with Gasteiger partial charge in [0.2, 0.25) is 17.4 Å². The quantitative estimate of drug-likeness (QED) is 0.0965. The number of benzene rings is 3. The highest BCUT2D eigenvalue weighted by molar-refractivity contribution is 5.58. The molecule has 0 aliphatic heterocycles. The molecule has 40 heavy (non-hydrogen) atoms. The van der Waals surface area contributed by atoms with Crippen molar-refractivity contribution in [1.82, 2.24) is 0 Å². The molecular formula is C32H27F5O3. The van der Waals surface area contributed by atoms with Crippen LogP contribution in [0.4, 0.5) is 22.0 Å². The van der Waals surface area contributed by atoms with Crippen molar-refractivity contribution in [2.45, 2.75) is 25.9 Å². The van der Waals surface area contributed by atoms with Crippen LogP contribution in [0.15, 0.2) is 98.3 Å². The maximum absolute atomic E-state index is 15.8. The van der Waals surface area contributed by atoms with E-state index in [0.29, 0.717) is 24.0 Å². The second kappa shape index (κ2) is 13.5. The SMILES string of the molecule is C=CC/C=C\C(=C/CC)Oc1c(F)c(Oc2ccc(C=C)cc2)c(F)c(Oc2ccc(C=C)cc2)c1C(F)(F)F. The summed E-state index contributed by atoms with van der Waals surface area (Å²) in [5.41, 5.74) is -0.430. The molecule has 0 radical (unpaired) electrons. The number of halogens is 5. The number of rotatable bonds is 12. The monoisotopic (exact) mass is 554 g/mol. The van der Waals surface area contributed by atoms with E-state index in [1.165, 1.54) is 54.6 Å². The predicted octanol–water partition coefficient (Wildman–Crippen LogP) is 10.7. The highest BCUT2D eigenvalue weighted by Gasteiger charge is 2.44. The highest BCUT2D eigenvalue weighted by Crippen LogP contribution is 2.51. The number of allylic oxidation sites excluding steroid dienone is 4. The zero-order chi connectivity index (χ0) is 29.3. The van der Waals surface area contributed by atoms with Gasteiger partial charge in [-0.05, 0) is 60.4 Å². The molecule has 0 fully saturated rings. The van der Waals surface area contributed by atoms with Gasteiger partial charge in [0.25, 0.3) is 0 Å². The standard InChI is InChI=1S/C32H27F5O3/c1-5-9-10-12-23(11-6-2)38-29-26(32(35,36)37)30(39-24-17-13-21(7-3)14-18-24)28(34)31(27(29)33)40-25-19-15-22(8-4)16-20-25/h5,7-8,10-20H,1,3-4,6,9H2,2H3/b12-10-,23-11+. The van der Waals surface area contributed by atoms with Gasteiger partial charge in [-0.1, -0.05) is 68.7 Å². The molecule has 0 saturated carbocycles. The molecule has 0 spiro atoms. The Morgan fingerprint density at radius 1 is 0.775 bits per heavy atom. The second-order valence-corrected chi connectivity index (χ2v) is 8.28. The van der Waals surface area contributed by atoms with Crippen molar-refractivity contribution < 1.29 is 36.2 Å². The average Bonchev–Trinajstić information content (AvgIpc) is 2.93. The van der Waals surface area contributed by atoms with Crippen molar-refractivity contribution in [1.29, 1.82) is 0 Å². The Labute approximate surface area is 229 Å². The van der Waals surface area contributed by atoms with E-state index in [1.54, 1.807) is 37.3 Å². The topological polar surface area (TPSA) is 27.7 Å². The fraction of sp³-hybridized carbons (Fsp3) is 0.125. The van der Waals surface area contributed by atoms with Crippen LogP contribution in [-0.2, 0) is 6.18 Å². The third kappa shape index (κ3) is 7.28. The van der Waals surface area contributed by atoms with Crippen LogP contribution in [-0.4, -0.2) is 0 Å². The molecule has 0 aromatic heterocycles. The zero-order valence-electron chi connectivity index (χ0n) is 21.7. The summed E-state index contributed by atoms with van der Waals surface area (Å²) in [6.45, 7) is 12.5. The molecular weight excluding hydrogens is 527 g/mol. The largest absolute Gasteiger partial charge is 0.454 e. The summed E-state index contributed by atoms with van der Waals surface area (Å²) in [5.74, 6) is -7.38. The first-order valence-corrected chi connectivity index (χ1v) is 12.2. The molecule has 0 aliphatic rings. The molecule has 0 bridgehead atoms. The minimum absolute atomic E-state index is 0.0365. The van der Waals surface area contributed by atoms with E-state index in [-0.39, 0.29) is 17.3 Å². The van der Waals surface area contributed by atoms with Crippen LogP contribution < -0.4 is 14.2 Å². The molecule has 208 valence electrons. The van der Waals surface area contributed by atoms with E-state index < -0.39 is 40.6 Å². The lowest BCUT2D eigenvalue weighted by molar-refractivity contribution is -0.140. The van der Waals surface area contributed by atoms with Crippen LogP contribution in [0, 0.1) is 11.6 Å². The molecule has 0 heterocycles. The van der Waals surface area contributed by atoms with Gasteiger partial charge in [0.05, 0.1) is 0 Å². The van der Waals surface area contributed by atoms with Gasteiger partial charge in [0, 0.05) is 0 Å². The summed E-state index contributed by atoms with van der Waals surface area (Å²) >= 11 is 0. The third-order valence-corrected chi connectivity index (χ3v) is 5.42. The van der Waals surface area contributed by atoms with Gasteiger partial charge in [-0.15, -0.1) is 6.58 Å². The van der Waals surface area contributed by atoms with E-state index in [9.17, 15) is 13.2 Å². The maximum atomic E-state index is 15.8. The molecule has 3 aromatic carbocycles. The van der Waals surface area contributed by atoms with Gasteiger partial charge in [0.1, 0.15) is 22.8 Å². The first-order valence-electron chi connectivity index (χ1n) is 12.2. The Morgan fingerprint density at radius 3 is 1.73 bits per heavy atom. The first kappa shape index (κ1) is 30.0. The first-order chi connectivity index (χ1) is 19.1. The Morgan fingerprint density at radius 2 is 1.27 bits per heavy atom.